The van der Waals surface area contributed by atoms with E-state index in [4.69, 9.17) is 20.9 Å². The number of ether oxygens (including phenoxy) is 2. The van der Waals surface area contributed by atoms with Crippen LogP contribution in [0.1, 0.15) is 0 Å². The van der Waals surface area contributed by atoms with Crippen LogP contribution in [0.15, 0.2) is 146 Å². The second-order valence-electron chi connectivity index (χ2n) is 10.2. The molecule has 0 bridgehead atoms. The van der Waals surface area contributed by atoms with Gasteiger partial charge in [-0.3, -0.25) is 0 Å². The highest BCUT2D eigenvalue weighted by Gasteiger charge is 2.20. The Morgan fingerprint density at radius 3 is 1.00 bits per heavy atom. The number of fused-ring (bicyclic) bond motifs is 2. The van der Waals surface area contributed by atoms with Crippen molar-refractivity contribution in [2.45, 2.75) is 0 Å². The molecule has 0 saturated carbocycles. The lowest BCUT2D eigenvalue weighted by Gasteiger charge is -2.20. The first kappa shape index (κ1) is 25.2. The fourth-order valence-corrected chi connectivity index (χ4v) is 5.56. The van der Waals surface area contributed by atoms with Gasteiger partial charge >= 0.3 is 0 Å². The van der Waals surface area contributed by atoms with Gasteiger partial charge in [-0.25, -0.2) is 0 Å². The molecular weight excluding hydrogens is 516 g/mol. The van der Waals surface area contributed by atoms with Crippen LogP contribution in [-0.2, 0) is 0 Å². The molecule has 0 aliphatic heterocycles. The molecule has 4 heteroatoms. The van der Waals surface area contributed by atoms with E-state index in [2.05, 4.69) is 72.8 Å². The molecule has 0 saturated heterocycles. The molecule has 0 aliphatic carbocycles. The molecule has 0 atom stereocenters. The molecule has 0 heterocycles. The molecule has 0 radical (unpaired) electrons. The Balaban J connectivity index is 1.47. The van der Waals surface area contributed by atoms with Crippen LogP contribution in [0.5, 0.6) is 23.0 Å². The number of nitrogens with two attached hydrogens (primary N) is 2. The van der Waals surface area contributed by atoms with E-state index in [1.165, 1.54) is 0 Å². The molecule has 7 aromatic rings. The molecule has 42 heavy (non-hydrogen) atoms. The lowest BCUT2D eigenvalue weighted by molar-refractivity contribution is 0.484. The molecule has 202 valence electrons. The number of benzene rings is 7. The molecule has 0 amide bonds. The number of rotatable bonds is 6. The van der Waals surface area contributed by atoms with E-state index in [1.807, 2.05) is 72.8 Å². The number of nitrogen functional groups attached to an aromatic ring is 2. The van der Waals surface area contributed by atoms with Gasteiger partial charge in [-0.15, -0.1) is 0 Å². The number of anilines is 2. The zero-order chi connectivity index (χ0) is 28.5. The third-order valence-electron chi connectivity index (χ3n) is 7.46. The SMILES string of the molecule is Nc1ccc(Oc2ccccc2-c2c3ccccc3c(-c3ccccc3Oc3ccc(N)cc3)c3ccccc23)cc1. The second-order valence-corrected chi connectivity index (χ2v) is 10.2. The molecule has 0 aromatic heterocycles. The average molecular weight is 545 g/mol. The van der Waals surface area contributed by atoms with E-state index in [0.717, 1.165) is 66.8 Å². The van der Waals surface area contributed by atoms with Gasteiger partial charge in [0.2, 0.25) is 0 Å². The highest BCUT2D eigenvalue weighted by molar-refractivity contribution is 6.22. The lowest BCUT2D eigenvalue weighted by atomic mass is 9.85. The lowest BCUT2D eigenvalue weighted by Crippen LogP contribution is -1.95. The van der Waals surface area contributed by atoms with E-state index < -0.39 is 0 Å². The van der Waals surface area contributed by atoms with Gasteiger partial charge in [0.05, 0.1) is 0 Å². The fraction of sp³-hybridized carbons (Fsp3) is 0. The van der Waals surface area contributed by atoms with Crippen molar-refractivity contribution in [2.24, 2.45) is 0 Å². The standard InChI is InChI=1S/C38H28N2O2/c39-25-17-21-27(22-18-25)41-35-15-7-5-13-33(35)37-29-9-1-2-10-30(29)38(32-12-4-3-11-31(32)37)34-14-6-8-16-36(34)42-28-23-19-26(40)20-24-28/h1-24H,39-40H2. The summed E-state index contributed by atoms with van der Waals surface area (Å²) in [5, 5.41) is 4.51. The van der Waals surface area contributed by atoms with Gasteiger partial charge in [0.1, 0.15) is 23.0 Å². The summed E-state index contributed by atoms with van der Waals surface area (Å²) in [6.07, 6.45) is 0. The zero-order valence-corrected chi connectivity index (χ0v) is 22.8. The van der Waals surface area contributed by atoms with Crippen molar-refractivity contribution < 1.29 is 9.47 Å². The Morgan fingerprint density at radius 2 is 0.643 bits per heavy atom. The van der Waals surface area contributed by atoms with Gasteiger partial charge < -0.3 is 20.9 Å². The molecule has 0 aliphatic rings. The van der Waals surface area contributed by atoms with Crippen molar-refractivity contribution >= 4 is 32.9 Å². The largest absolute Gasteiger partial charge is 0.457 e. The van der Waals surface area contributed by atoms with E-state index in [-0.39, 0.29) is 0 Å². The Hall–Kier alpha value is -5.74. The van der Waals surface area contributed by atoms with Crippen LogP contribution in [0.2, 0.25) is 0 Å². The quantitative estimate of drug-likeness (QED) is 0.161. The van der Waals surface area contributed by atoms with Crippen LogP contribution in [-0.4, -0.2) is 0 Å². The van der Waals surface area contributed by atoms with Crippen LogP contribution >= 0.6 is 0 Å². The van der Waals surface area contributed by atoms with Gasteiger partial charge in [0.15, 0.2) is 0 Å². The highest BCUT2D eigenvalue weighted by atomic mass is 16.5. The predicted molar refractivity (Wildman–Crippen MR) is 174 cm³/mol. The monoisotopic (exact) mass is 544 g/mol. The Kier molecular flexibility index (Phi) is 6.42. The summed E-state index contributed by atoms with van der Waals surface area (Å²) >= 11 is 0. The molecule has 0 spiro atoms. The molecule has 4 nitrogen and oxygen atoms in total. The van der Waals surface area contributed by atoms with Crippen molar-refractivity contribution in [3.63, 3.8) is 0 Å². The van der Waals surface area contributed by atoms with Gasteiger partial charge in [0, 0.05) is 33.6 Å². The molecular formula is C38H28N2O2. The number of hydrogen-bond acceptors (Lipinski definition) is 4. The van der Waals surface area contributed by atoms with E-state index in [1.54, 1.807) is 0 Å². The van der Waals surface area contributed by atoms with Gasteiger partial charge in [-0.1, -0.05) is 84.9 Å². The minimum absolute atomic E-state index is 0.698. The van der Waals surface area contributed by atoms with Crippen molar-refractivity contribution in [3.8, 4) is 45.3 Å². The topological polar surface area (TPSA) is 70.5 Å². The predicted octanol–water partition coefficient (Wildman–Crippen LogP) is 10.1. The maximum absolute atomic E-state index is 6.44. The summed E-state index contributed by atoms with van der Waals surface area (Å²) < 4.78 is 12.9. The van der Waals surface area contributed by atoms with E-state index in [0.29, 0.717) is 11.4 Å². The summed E-state index contributed by atoms with van der Waals surface area (Å²) in [6, 6.07) is 48.4. The summed E-state index contributed by atoms with van der Waals surface area (Å²) in [7, 11) is 0. The van der Waals surface area contributed by atoms with Gasteiger partial charge in [-0.2, -0.15) is 0 Å². The summed E-state index contributed by atoms with van der Waals surface area (Å²) in [5.74, 6) is 3.01. The molecule has 7 rings (SSSR count). The van der Waals surface area contributed by atoms with Crippen LogP contribution in [0.25, 0.3) is 43.8 Å². The highest BCUT2D eigenvalue weighted by Crippen LogP contribution is 2.48. The Bertz CT molecular complexity index is 1840. The first-order chi connectivity index (χ1) is 20.7. The number of para-hydroxylation sites is 2. The van der Waals surface area contributed by atoms with Crippen molar-refractivity contribution in [2.75, 3.05) is 11.5 Å². The van der Waals surface area contributed by atoms with Crippen LogP contribution in [0.4, 0.5) is 11.4 Å². The Morgan fingerprint density at radius 1 is 0.333 bits per heavy atom. The smallest absolute Gasteiger partial charge is 0.135 e. The maximum Gasteiger partial charge on any atom is 0.135 e. The summed E-state index contributed by atoms with van der Waals surface area (Å²) in [4.78, 5) is 0. The minimum atomic E-state index is 0.698. The van der Waals surface area contributed by atoms with Crippen LogP contribution in [0.3, 0.4) is 0 Å². The summed E-state index contributed by atoms with van der Waals surface area (Å²) in [6.45, 7) is 0. The first-order valence-electron chi connectivity index (χ1n) is 13.8. The molecule has 7 aromatic carbocycles. The fourth-order valence-electron chi connectivity index (χ4n) is 5.56. The third-order valence-corrected chi connectivity index (χ3v) is 7.46. The second kappa shape index (κ2) is 10.7. The third kappa shape index (κ3) is 4.65. The average Bonchev–Trinajstić information content (AvgIpc) is 3.03. The Labute approximate surface area is 244 Å². The normalized spacial score (nSPS) is 11.0. The minimum Gasteiger partial charge on any atom is -0.457 e. The molecule has 4 N–H and O–H groups in total. The van der Waals surface area contributed by atoms with Crippen molar-refractivity contribution in [1.29, 1.82) is 0 Å². The van der Waals surface area contributed by atoms with Crippen molar-refractivity contribution in [3.05, 3.63) is 146 Å². The van der Waals surface area contributed by atoms with Crippen LogP contribution < -0.4 is 20.9 Å². The molecule has 0 fully saturated rings. The van der Waals surface area contributed by atoms with Crippen molar-refractivity contribution in [1.82, 2.24) is 0 Å². The zero-order valence-electron chi connectivity index (χ0n) is 22.8. The first-order valence-corrected chi connectivity index (χ1v) is 13.8. The maximum atomic E-state index is 6.44. The van der Waals surface area contributed by atoms with Crippen LogP contribution in [0, 0.1) is 0 Å². The van der Waals surface area contributed by atoms with E-state index >= 15 is 0 Å². The molecule has 0 unspecified atom stereocenters. The van der Waals surface area contributed by atoms with E-state index in [9.17, 15) is 0 Å². The van der Waals surface area contributed by atoms with Gasteiger partial charge in [0.25, 0.3) is 0 Å². The summed E-state index contributed by atoms with van der Waals surface area (Å²) in [5.41, 5.74) is 17.5. The van der Waals surface area contributed by atoms with Gasteiger partial charge in [-0.05, 0) is 82.2 Å². The number of hydrogen-bond donors (Lipinski definition) is 2.